The van der Waals surface area contributed by atoms with Crippen LogP contribution in [0.5, 0.6) is 0 Å². The first-order valence-electron chi connectivity index (χ1n) is 5.29. The molecule has 0 aliphatic carbocycles. The molecule has 94 valence electrons. The fourth-order valence-electron chi connectivity index (χ4n) is 1.42. The Labute approximate surface area is 102 Å². The van der Waals surface area contributed by atoms with Crippen molar-refractivity contribution < 1.29 is 13.7 Å². The Kier molecular flexibility index (Phi) is 3.22. The molecule has 2 rings (SSSR count). The van der Waals surface area contributed by atoms with Gasteiger partial charge in [0.05, 0.1) is 5.56 Å². The molecule has 0 spiro atoms. The summed E-state index contributed by atoms with van der Waals surface area (Å²) in [4.78, 5) is 15.2. The van der Waals surface area contributed by atoms with E-state index in [1.807, 2.05) is 0 Å². The Hall–Kier alpha value is -2.44. The van der Waals surface area contributed by atoms with Gasteiger partial charge in [0.1, 0.15) is 5.82 Å². The molecule has 1 heterocycles. The first-order chi connectivity index (χ1) is 8.63. The van der Waals surface area contributed by atoms with Crippen LogP contribution < -0.4 is 11.1 Å². The molecular weight excluding hydrogens is 239 g/mol. The summed E-state index contributed by atoms with van der Waals surface area (Å²) in [7, 11) is 0. The molecule has 6 nitrogen and oxygen atoms in total. The van der Waals surface area contributed by atoms with Crippen molar-refractivity contribution in [3.05, 3.63) is 29.8 Å². The van der Waals surface area contributed by atoms with Crippen LogP contribution in [0.15, 0.2) is 22.7 Å². The molecule has 0 atom stereocenters. The molecule has 7 heteroatoms. The van der Waals surface area contributed by atoms with E-state index >= 15 is 0 Å². The number of hydrogen-bond donors (Lipinski definition) is 2. The minimum absolute atomic E-state index is 0.000508. The Balaban J connectivity index is 2.38. The van der Waals surface area contributed by atoms with E-state index in [0.29, 0.717) is 6.54 Å². The molecule has 0 aliphatic rings. The van der Waals surface area contributed by atoms with Crippen LogP contribution in [0.3, 0.4) is 0 Å². The maximum atomic E-state index is 13.6. The summed E-state index contributed by atoms with van der Waals surface area (Å²) in [5.74, 6) is -1.34. The summed E-state index contributed by atoms with van der Waals surface area (Å²) >= 11 is 0. The number of nitrogens with two attached hydrogens (primary N) is 1. The van der Waals surface area contributed by atoms with E-state index < -0.39 is 11.7 Å². The second-order valence-electron chi connectivity index (χ2n) is 3.49. The first kappa shape index (κ1) is 12.0. The lowest BCUT2D eigenvalue weighted by molar-refractivity contribution is 0.0942. The number of anilines is 1. The van der Waals surface area contributed by atoms with Crippen molar-refractivity contribution in [1.82, 2.24) is 15.5 Å². The Bertz CT molecular complexity index is 562. The minimum atomic E-state index is -0.582. The van der Waals surface area contributed by atoms with Crippen molar-refractivity contribution in [3.8, 4) is 11.5 Å². The number of rotatable bonds is 3. The van der Waals surface area contributed by atoms with Crippen LogP contribution in [0.2, 0.25) is 0 Å². The summed E-state index contributed by atoms with van der Waals surface area (Å²) in [6, 6.07) is 4.20. The number of nitrogens with one attached hydrogen (secondary N) is 1. The van der Waals surface area contributed by atoms with Gasteiger partial charge in [-0.3, -0.25) is 4.79 Å². The zero-order chi connectivity index (χ0) is 13.1. The second-order valence-corrected chi connectivity index (χ2v) is 3.49. The summed E-state index contributed by atoms with van der Waals surface area (Å²) in [6.45, 7) is 2.19. The number of benzene rings is 1. The molecule has 0 saturated carbocycles. The van der Waals surface area contributed by atoms with Gasteiger partial charge >= 0.3 is 0 Å². The summed E-state index contributed by atoms with van der Waals surface area (Å²) in [5, 5.41) is 5.98. The first-order valence-corrected chi connectivity index (χ1v) is 5.29. The van der Waals surface area contributed by atoms with Crippen LogP contribution in [0, 0.1) is 5.82 Å². The molecule has 1 amide bonds. The van der Waals surface area contributed by atoms with E-state index in [2.05, 4.69) is 15.5 Å². The monoisotopic (exact) mass is 250 g/mol. The van der Waals surface area contributed by atoms with Gasteiger partial charge in [0, 0.05) is 12.2 Å². The van der Waals surface area contributed by atoms with E-state index in [-0.39, 0.29) is 23.0 Å². The van der Waals surface area contributed by atoms with Crippen molar-refractivity contribution in [1.29, 1.82) is 0 Å². The van der Waals surface area contributed by atoms with Gasteiger partial charge < -0.3 is 15.6 Å². The highest BCUT2D eigenvalue weighted by molar-refractivity contribution is 5.90. The fourth-order valence-corrected chi connectivity index (χ4v) is 1.42. The lowest BCUT2D eigenvalue weighted by Crippen LogP contribution is -2.23. The quantitative estimate of drug-likeness (QED) is 0.798. The van der Waals surface area contributed by atoms with E-state index in [0.717, 1.165) is 0 Å². The highest BCUT2D eigenvalue weighted by atomic mass is 19.1. The normalized spacial score (nSPS) is 10.3. The van der Waals surface area contributed by atoms with Crippen LogP contribution in [-0.2, 0) is 0 Å². The van der Waals surface area contributed by atoms with Gasteiger partial charge in [-0.2, -0.15) is 4.98 Å². The second kappa shape index (κ2) is 4.82. The van der Waals surface area contributed by atoms with E-state index in [4.69, 9.17) is 10.3 Å². The van der Waals surface area contributed by atoms with E-state index in [1.165, 1.54) is 18.2 Å². The zero-order valence-corrected chi connectivity index (χ0v) is 9.61. The molecule has 0 unspecified atom stereocenters. The maximum Gasteiger partial charge on any atom is 0.292 e. The molecule has 0 saturated heterocycles. The average Bonchev–Trinajstić information content (AvgIpc) is 2.78. The summed E-state index contributed by atoms with van der Waals surface area (Å²) in [5.41, 5.74) is 5.80. The number of hydrogen-bond acceptors (Lipinski definition) is 5. The number of nitrogen functional groups attached to an aromatic ring is 1. The van der Waals surface area contributed by atoms with Gasteiger partial charge in [0.15, 0.2) is 0 Å². The standard InChI is InChI=1S/C11H11FN4O2/c1-2-14-10(17)9-15-11(18-16-9)8-6(12)4-3-5-7(8)13/h3-5H,2,13H2,1H3,(H,14,17). The highest BCUT2D eigenvalue weighted by Crippen LogP contribution is 2.26. The van der Waals surface area contributed by atoms with Crippen molar-refractivity contribution in [2.75, 3.05) is 12.3 Å². The van der Waals surface area contributed by atoms with E-state index in [9.17, 15) is 9.18 Å². The molecule has 0 bridgehead atoms. The topological polar surface area (TPSA) is 94.0 Å². The number of amides is 1. The number of halogens is 1. The SMILES string of the molecule is CCNC(=O)c1noc(-c2c(N)cccc2F)n1. The molecule has 0 radical (unpaired) electrons. The van der Waals surface area contributed by atoms with Crippen molar-refractivity contribution >= 4 is 11.6 Å². The average molecular weight is 250 g/mol. The third kappa shape index (κ3) is 2.15. The molecule has 3 N–H and O–H groups in total. The maximum absolute atomic E-state index is 13.6. The highest BCUT2D eigenvalue weighted by Gasteiger charge is 2.19. The summed E-state index contributed by atoms with van der Waals surface area (Å²) < 4.78 is 18.4. The Morgan fingerprint density at radius 1 is 1.56 bits per heavy atom. The number of carbonyl (C=O) groups excluding carboxylic acids is 1. The van der Waals surface area contributed by atoms with Gasteiger partial charge in [-0.15, -0.1) is 0 Å². The number of nitrogens with zero attached hydrogens (tertiary/aromatic N) is 2. The van der Waals surface area contributed by atoms with Crippen molar-refractivity contribution in [2.45, 2.75) is 6.92 Å². The third-order valence-electron chi connectivity index (χ3n) is 2.23. The van der Waals surface area contributed by atoms with Crippen molar-refractivity contribution in [2.24, 2.45) is 0 Å². The summed E-state index contributed by atoms with van der Waals surface area (Å²) in [6.07, 6.45) is 0. The van der Waals surface area contributed by atoms with Crippen LogP contribution in [-0.4, -0.2) is 22.6 Å². The molecule has 2 aromatic rings. The van der Waals surface area contributed by atoms with Crippen LogP contribution in [0.1, 0.15) is 17.5 Å². The molecule has 18 heavy (non-hydrogen) atoms. The lowest BCUT2D eigenvalue weighted by atomic mass is 10.1. The molecule has 0 aliphatic heterocycles. The predicted octanol–water partition coefficient (Wildman–Crippen LogP) is 1.21. The van der Waals surface area contributed by atoms with Gasteiger partial charge in [-0.05, 0) is 19.1 Å². The van der Waals surface area contributed by atoms with Gasteiger partial charge in [0.2, 0.25) is 0 Å². The number of carbonyl (C=O) groups is 1. The molecule has 1 aromatic heterocycles. The molecule has 1 aromatic carbocycles. The zero-order valence-electron chi connectivity index (χ0n) is 9.61. The van der Waals surface area contributed by atoms with E-state index in [1.54, 1.807) is 6.92 Å². The van der Waals surface area contributed by atoms with Gasteiger partial charge in [-0.25, -0.2) is 4.39 Å². The van der Waals surface area contributed by atoms with Gasteiger partial charge in [0.25, 0.3) is 17.6 Å². The smallest absolute Gasteiger partial charge is 0.292 e. The largest absolute Gasteiger partial charge is 0.398 e. The molecular formula is C11H11FN4O2. The minimum Gasteiger partial charge on any atom is -0.398 e. The lowest BCUT2D eigenvalue weighted by Gasteiger charge is -2.00. The van der Waals surface area contributed by atoms with Crippen LogP contribution in [0.4, 0.5) is 10.1 Å². The number of aromatic nitrogens is 2. The van der Waals surface area contributed by atoms with Gasteiger partial charge in [-0.1, -0.05) is 11.2 Å². The third-order valence-corrected chi connectivity index (χ3v) is 2.23. The van der Waals surface area contributed by atoms with Crippen LogP contribution in [0.25, 0.3) is 11.5 Å². The van der Waals surface area contributed by atoms with Crippen LogP contribution >= 0.6 is 0 Å². The Morgan fingerprint density at radius 2 is 2.33 bits per heavy atom. The molecule has 0 fully saturated rings. The van der Waals surface area contributed by atoms with Crippen molar-refractivity contribution in [3.63, 3.8) is 0 Å². The Morgan fingerprint density at radius 3 is 3.00 bits per heavy atom. The fraction of sp³-hybridized carbons (Fsp3) is 0.182. The predicted molar refractivity (Wildman–Crippen MR) is 62.1 cm³/mol.